The maximum Gasteiger partial charge on any atom is 0.472 e. The van der Waals surface area contributed by atoms with Gasteiger partial charge in [0.1, 0.15) is 5.82 Å². The minimum absolute atomic E-state index is 0.129. The minimum Gasteiger partial charge on any atom is -0.426 e. The second kappa shape index (κ2) is 7.61. The molecular weight excluding hydrogens is 266 g/mol. The van der Waals surface area contributed by atoms with E-state index < -0.39 is 24.9 Å². The molecule has 4 N–H and O–H groups in total. The van der Waals surface area contributed by atoms with Gasteiger partial charge in [-0.05, 0) is 17.7 Å². The summed E-state index contributed by atoms with van der Waals surface area (Å²) in [5, 5.41) is 22.1. The predicted octanol–water partition coefficient (Wildman–Crippen LogP) is -0.479. The summed E-state index contributed by atoms with van der Waals surface area (Å²) in [6.45, 7) is 1.29. The number of carbonyl (C=O) groups excluding carboxylic acids is 2. The van der Waals surface area contributed by atoms with E-state index in [1.807, 2.05) is 0 Å². The van der Waals surface area contributed by atoms with E-state index in [0.29, 0.717) is 5.56 Å². The van der Waals surface area contributed by atoms with Crippen LogP contribution in [0.4, 0.5) is 4.39 Å². The Morgan fingerprint density at radius 2 is 2.10 bits per heavy atom. The van der Waals surface area contributed by atoms with Crippen molar-refractivity contribution >= 4 is 18.9 Å². The maximum atomic E-state index is 13.2. The van der Waals surface area contributed by atoms with Crippen molar-refractivity contribution in [2.45, 2.75) is 19.4 Å². The second-order valence-corrected chi connectivity index (χ2v) is 4.30. The zero-order valence-electron chi connectivity index (χ0n) is 11.0. The van der Waals surface area contributed by atoms with Crippen LogP contribution in [0, 0.1) is 5.82 Å². The predicted molar refractivity (Wildman–Crippen MR) is 70.8 cm³/mol. The molecule has 0 saturated heterocycles. The van der Waals surface area contributed by atoms with Crippen LogP contribution >= 0.6 is 0 Å². The Kier molecular flexibility index (Phi) is 6.14. The lowest BCUT2D eigenvalue weighted by atomic mass is 9.92. The van der Waals surface area contributed by atoms with Crippen molar-refractivity contribution in [1.29, 1.82) is 0 Å². The summed E-state index contributed by atoms with van der Waals surface area (Å²) in [7, 11) is -1.65. The Balaban J connectivity index is 2.74. The number of halogens is 1. The molecule has 0 aromatic heterocycles. The van der Waals surface area contributed by atoms with Crippen LogP contribution in [0.15, 0.2) is 24.3 Å². The van der Waals surface area contributed by atoms with Gasteiger partial charge in [-0.3, -0.25) is 9.59 Å². The molecule has 0 bridgehead atoms. The van der Waals surface area contributed by atoms with Crippen LogP contribution in [0.3, 0.4) is 0 Å². The molecule has 0 aliphatic carbocycles. The van der Waals surface area contributed by atoms with Crippen LogP contribution in [-0.2, 0) is 9.59 Å². The van der Waals surface area contributed by atoms with E-state index in [9.17, 15) is 14.0 Å². The number of benzene rings is 1. The Morgan fingerprint density at radius 1 is 1.40 bits per heavy atom. The highest BCUT2D eigenvalue weighted by Gasteiger charge is 2.18. The summed E-state index contributed by atoms with van der Waals surface area (Å²) >= 11 is 0. The van der Waals surface area contributed by atoms with Crippen LogP contribution in [-0.4, -0.2) is 35.4 Å². The fourth-order valence-corrected chi connectivity index (χ4v) is 1.68. The third-order valence-electron chi connectivity index (χ3n) is 2.50. The average molecular weight is 282 g/mol. The molecule has 2 amide bonds. The summed E-state index contributed by atoms with van der Waals surface area (Å²) in [5.74, 6) is -1.31. The summed E-state index contributed by atoms with van der Waals surface area (Å²) in [6, 6.07) is 4.89. The molecule has 0 spiro atoms. The van der Waals surface area contributed by atoms with Crippen molar-refractivity contribution in [3.63, 3.8) is 0 Å². The molecule has 0 heterocycles. The number of rotatable bonds is 6. The van der Waals surface area contributed by atoms with Crippen molar-refractivity contribution in [3.05, 3.63) is 35.6 Å². The van der Waals surface area contributed by atoms with Gasteiger partial charge in [0.05, 0.1) is 18.9 Å². The molecule has 108 valence electrons. The van der Waals surface area contributed by atoms with Gasteiger partial charge in [0, 0.05) is 6.92 Å². The van der Waals surface area contributed by atoms with Crippen LogP contribution in [0.25, 0.3) is 0 Å². The summed E-state index contributed by atoms with van der Waals surface area (Å²) in [5.41, 5.74) is 0.458. The van der Waals surface area contributed by atoms with Gasteiger partial charge in [0.15, 0.2) is 0 Å². The molecule has 1 aromatic carbocycles. The maximum absolute atomic E-state index is 13.2. The molecule has 1 aromatic rings. The molecule has 0 aliphatic heterocycles. The highest BCUT2D eigenvalue weighted by Crippen LogP contribution is 2.17. The number of hydrogen-bond acceptors (Lipinski definition) is 4. The molecule has 1 rings (SSSR count). The molecule has 0 saturated carbocycles. The Morgan fingerprint density at radius 3 is 2.65 bits per heavy atom. The molecule has 20 heavy (non-hydrogen) atoms. The van der Waals surface area contributed by atoms with E-state index in [4.69, 9.17) is 10.0 Å². The van der Waals surface area contributed by atoms with Crippen LogP contribution in [0.1, 0.15) is 24.9 Å². The molecule has 6 nitrogen and oxygen atoms in total. The normalized spacial score (nSPS) is 11.6. The fraction of sp³-hybridized carbons (Fsp3) is 0.333. The lowest BCUT2D eigenvalue weighted by molar-refractivity contribution is -0.122. The van der Waals surface area contributed by atoms with E-state index in [1.54, 1.807) is 6.07 Å². The SMILES string of the molecule is CC(=O)NC(CC(=O)NCB(O)O)c1cccc(F)c1. The first-order chi connectivity index (χ1) is 9.38. The number of carbonyl (C=O) groups is 2. The van der Waals surface area contributed by atoms with Gasteiger partial charge >= 0.3 is 7.12 Å². The summed E-state index contributed by atoms with van der Waals surface area (Å²) < 4.78 is 13.2. The van der Waals surface area contributed by atoms with Gasteiger partial charge in [-0.25, -0.2) is 4.39 Å². The lowest BCUT2D eigenvalue weighted by Crippen LogP contribution is -2.37. The summed E-state index contributed by atoms with van der Waals surface area (Å²) in [6.07, 6.45) is -0.440. The van der Waals surface area contributed by atoms with Crippen molar-refractivity contribution in [1.82, 2.24) is 10.6 Å². The monoisotopic (exact) mass is 282 g/mol. The lowest BCUT2D eigenvalue weighted by Gasteiger charge is -2.18. The summed E-state index contributed by atoms with van der Waals surface area (Å²) in [4.78, 5) is 22.8. The highest BCUT2D eigenvalue weighted by molar-refractivity contribution is 6.41. The Bertz CT molecular complexity index is 484. The Labute approximate surface area is 116 Å². The second-order valence-electron chi connectivity index (χ2n) is 4.30. The number of hydrogen-bond donors (Lipinski definition) is 4. The first-order valence-corrected chi connectivity index (χ1v) is 6.04. The van der Waals surface area contributed by atoms with Crippen molar-refractivity contribution in [3.8, 4) is 0 Å². The van der Waals surface area contributed by atoms with Crippen molar-refractivity contribution < 1.29 is 24.0 Å². The van der Waals surface area contributed by atoms with Gasteiger partial charge in [0.2, 0.25) is 11.8 Å². The molecule has 0 fully saturated rings. The standard InChI is InChI=1S/C12H16BFN2O4/c1-8(17)16-11(6-12(18)15-7-13(19)20)9-3-2-4-10(14)5-9/h2-5,11,19-20H,6-7H2,1H3,(H,15,18)(H,16,17). The first-order valence-electron chi connectivity index (χ1n) is 6.04. The van der Waals surface area contributed by atoms with E-state index in [-0.39, 0.29) is 18.8 Å². The van der Waals surface area contributed by atoms with E-state index >= 15 is 0 Å². The van der Waals surface area contributed by atoms with Gasteiger partial charge in [0.25, 0.3) is 0 Å². The fourth-order valence-electron chi connectivity index (χ4n) is 1.68. The van der Waals surface area contributed by atoms with Crippen LogP contribution in [0.2, 0.25) is 0 Å². The number of nitrogens with one attached hydrogen (secondary N) is 2. The smallest absolute Gasteiger partial charge is 0.426 e. The Hall–Kier alpha value is -1.93. The van der Waals surface area contributed by atoms with E-state index in [0.717, 1.165) is 0 Å². The van der Waals surface area contributed by atoms with E-state index in [1.165, 1.54) is 25.1 Å². The number of amides is 2. The van der Waals surface area contributed by atoms with Crippen LogP contribution in [0.5, 0.6) is 0 Å². The zero-order chi connectivity index (χ0) is 15.1. The quantitative estimate of drug-likeness (QED) is 0.530. The zero-order valence-corrected chi connectivity index (χ0v) is 11.0. The minimum atomic E-state index is -1.65. The first kappa shape index (κ1) is 16.1. The van der Waals surface area contributed by atoms with Crippen LogP contribution < -0.4 is 10.6 Å². The van der Waals surface area contributed by atoms with E-state index in [2.05, 4.69) is 10.6 Å². The van der Waals surface area contributed by atoms with Crippen molar-refractivity contribution in [2.75, 3.05) is 6.44 Å². The molecule has 1 atom stereocenters. The van der Waals surface area contributed by atoms with Crippen molar-refractivity contribution in [2.24, 2.45) is 0 Å². The molecule has 0 radical (unpaired) electrons. The van der Waals surface area contributed by atoms with Gasteiger partial charge in [-0.2, -0.15) is 0 Å². The molecule has 1 unspecified atom stereocenters. The van der Waals surface area contributed by atoms with Gasteiger partial charge < -0.3 is 20.7 Å². The average Bonchev–Trinajstić information content (AvgIpc) is 2.35. The topological polar surface area (TPSA) is 98.7 Å². The molecule has 0 aliphatic rings. The largest absolute Gasteiger partial charge is 0.472 e. The third kappa shape index (κ3) is 5.81. The molecular formula is C12H16BFN2O4. The van der Waals surface area contributed by atoms with Gasteiger partial charge in [-0.1, -0.05) is 12.1 Å². The third-order valence-corrected chi connectivity index (χ3v) is 2.50. The van der Waals surface area contributed by atoms with Gasteiger partial charge in [-0.15, -0.1) is 0 Å². The highest BCUT2D eigenvalue weighted by atomic mass is 19.1. The molecule has 8 heteroatoms.